The molecule has 0 saturated heterocycles. The predicted molar refractivity (Wildman–Crippen MR) is 105 cm³/mol. The minimum absolute atomic E-state index is 0.153. The van der Waals surface area contributed by atoms with Crippen LogP contribution in [-0.2, 0) is 16.0 Å². The number of hydrogen-bond donors (Lipinski definition) is 0. The van der Waals surface area contributed by atoms with Gasteiger partial charge in [-0.25, -0.2) is 0 Å². The van der Waals surface area contributed by atoms with Gasteiger partial charge < -0.3 is 18.8 Å². The minimum atomic E-state index is -0.390. The summed E-state index contributed by atoms with van der Waals surface area (Å²) in [5, 5.41) is 0. The fourth-order valence-electron chi connectivity index (χ4n) is 3.53. The van der Waals surface area contributed by atoms with Gasteiger partial charge in [-0.15, -0.1) is 0 Å². The van der Waals surface area contributed by atoms with E-state index in [1.807, 2.05) is 32.0 Å². The standard InChI is InChI=1S/C22H27NO5/c1-14-11-18(15(2)23(14)17-7-8-17)19(24)13-28-22(25)10-6-16-5-9-20(26-3)21(12-16)27-4/h5,9,11-12,17H,6-8,10,13H2,1-4H3. The number of ketones is 1. The Bertz CT molecular complexity index is 879. The maximum atomic E-state index is 12.5. The monoisotopic (exact) mass is 385 g/mol. The van der Waals surface area contributed by atoms with E-state index < -0.39 is 0 Å². The van der Waals surface area contributed by atoms with Gasteiger partial charge in [0.15, 0.2) is 18.1 Å². The number of rotatable bonds is 9. The number of esters is 1. The molecule has 6 heteroatoms. The third-order valence-electron chi connectivity index (χ3n) is 5.13. The van der Waals surface area contributed by atoms with Crippen molar-refractivity contribution in [1.29, 1.82) is 0 Å². The van der Waals surface area contributed by atoms with Gasteiger partial charge >= 0.3 is 5.97 Å². The summed E-state index contributed by atoms with van der Waals surface area (Å²) in [7, 11) is 3.15. The van der Waals surface area contributed by atoms with Crippen molar-refractivity contribution in [2.75, 3.05) is 20.8 Å². The van der Waals surface area contributed by atoms with E-state index in [-0.39, 0.29) is 24.8 Å². The molecule has 1 aliphatic carbocycles. The lowest BCUT2D eigenvalue weighted by Crippen LogP contribution is -2.15. The molecule has 3 rings (SSSR count). The molecule has 1 saturated carbocycles. The van der Waals surface area contributed by atoms with Crippen LogP contribution in [-0.4, -0.2) is 37.1 Å². The molecule has 6 nitrogen and oxygen atoms in total. The first-order valence-corrected chi connectivity index (χ1v) is 9.52. The lowest BCUT2D eigenvalue weighted by atomic mass is 10.1. The minimum Gasteiger partial charge on any atom is -0.493 e. The molecule has 1 heterocycles. The lowest BCUT2D eigenvalue weighted by Gasteiger charge is -2.10. The van der Waals surface area contributed by atoms with E-state index in [2.05, 4.69) is 4.57 Å². The molecule has 1 aliphatic rings. The van der Waals surface area contributed by atoms with Crippen molar-refractivity contribution in [3.8, 4) is 11.5 Å². The highest BCUT2D eigenvalue weighted by molar-refractivity contribution is 5.99. The summed E-state index contributed by atoms with van der Waals surface area (Å²) in [5.74, 6) is 0.719. The Morgan fingerprint density at radius 3 is 2.43 bits per heavy atom. The Morgan fingerprint density at radius 2 is 1.79 bits per heavy atom. The van der Waals surface area contributed by atoms with Crippen molar-refractivity contribution in [1.82, 2.24) is 4.57 Å². The number of ether oxygens (including phenoxy) is 3. The molecule has 28 heavy (non-hydrogen) atoms. The van der Waals surface area contributed by atoms with E-state index in [1.165, 1.54) is 0 Å². The molecule has 0 N–H and O–H groups in total. The van der Waals surface area contributed by atoms with Gasteiger partial charge in [0.05, 0.1) is 14.2 Å². The molecule has 1 aromatic carbocycles. The van der Waals surface area contributed by atoms with E-state index in [1.54, 1.807) is 20.3 Å². The first kappa shape index (κ1) is 20.0. The van der Waals surface area contributed by atoms with Gasteiger partial charge in [0.2, 0.25) is 5.78 Å². The third kappa shape index (κ3) is 4.38. The first-order valence-electron chi connectivity index (χ1n) is 9.52. The van der Waals surface area contributed by atoms with Crippen LogP contribution < -0.4 is 9.47 Å². The number of methoxy groups -OCH3 is 2. The van der Waals surface area contributed by atoms with Gasteiger partial charge in [0, 0.05) is 29.4 Å². The highest BCUT2D eigenvalue weighted by atomic mass is 16.5. The number of carbonyl (C=O) groups excluding carboxylic acids is 2. The summed E-state index contributed by atoms with van der Waals surface area (Å²) < 4.78 is 17.9. The van der Waals surface area contributed by atoms with Crippen LogP contribution in [0, 0.1) is 13.8 Å². The number of carbonyl (C=O) groups is 2. The second-order valence-corrected chi connectivity index (χ2v) is 7.16. The fourth-order valence-corrected chi connectivity index (χ4v) is 3.53. The molecule has 2 aromatic rings. The normalized spacial score (nSPS) is 13.3. The van der Waals surface area contributed by atoms with Gasteiger partial charge in [-0.3, -0.25) is 9.59 Å². The molecule has 0 atom stereocenters. The SMILES string of the molecule is COc1ccc(CCC(=O)OCC(=O)c2cc(C)n(C3CC3)c2C)cc1OC. The summed E-state index contributed by atoms with van der Waals surface area (Å²) in [6.07, 6.45) is 3.03. The van der Waals surface area contributed by atoms with Crippen molar-refractivity contribution >= 4 is 11.8 Å². The van der Waals surface area contributed by atoms with Gasteiger partial charge in [-0.1, -0.05) is 6.07 Å². The van der Waals surface area contributed by atoms with Crippen LogP contribution in [0.15, 0.2) is 24.3 Å². The Hall–Kier alpha value is -2.76. The number of Topliss-reactive ketones (excluding diaryl/α,β-unsaturated/α-hetero) is 1. The van der Waals surface area contributed by atoms with Crippen molar-refractivity contribution in [3.05, 3.63) is 46.8 Å². The number of aryl methyl sites for hydroxylation is 2. The average Bonchev–Trinajstić information content (AvgIpc) is 3.48. The molecule has 0 amide bonds. The largest absolute Gasteiger partial charge is 0.493 e. The lowest BCUT2D eigenvalue weighted by molar-refractivity contribution is -0.142. The van der Waals surface area contributed by atoms with Crippen molar-refractivity contribution < 1.29 is 23.8 Å². The Kier molecular flexibility index (Phi) is 6.07. The van der Waals surface area contributed by atoms with Crippen LogP contribution in [0.2, 0.25) is 0 Å². The molecule has 1 aromatic heterocycles. The summed E-state index contributed by atoms with van der Waals surface area (Å²) in [4.78, 5) is 24.6. The molecule has 1 fully saturated rings. The number of aromatic nitrogens is 1. The number of nitrogens with zero attached hydrogens (tertiary/aromatic N) is 1. The van der Waals surface area contributed by atoms with Crippen LogP contribution in [0.5, 0.6) is 11.5 Å². The smallest absolute Gasteiger partial charge is 0.306 e. The number of hydrogen-bond acceptors (Lipinski definition) is 5. The molecule has 0 bridgehead atoms. The fraction of sp³-hybridized carbons (Fsp3) is 0.455. The van der Waals surface area contributed by atoms with E-state index in [4.69, 9.17) is 14.2 Å². The third-order valence-corrected chi connectivity index (χ3v) is 5.13. The molecule has 0 spiro atoms. The van der Waals surface area contributed by atoms with Crippen LogP contribution in [0.4, 0.5) is 0 Å². The van der Waals surface area contributed by atoms with E-state index >= 15 is 0 Å². The van der Waals surface area contributed by atoms with E-state index in [9.17, 15) is 9.59 Å². The van der Waals surface area contributed by atoms with Crippen LogP contribution >= 0.6 is 0 Å². The van der Waals surface area contributed by atoms with Crippen molar-refractivity contribution in [2.24, 2.45) is 0 Å². The zero-order valence-corrected chi connectivity index (χ0v) is 16.9. The van der Waals surface area contributed by atoms with Crippen LogP contribution in [0.3, 0.4) is 0 Å². The van der Waals surface area contributed by atoms with Gasteiger partial charge in [-0.2, -0.15) is 0 Å². The summed E-state index contributed by atoms with van der Waals surface area (Å²) in [5.41, 5.74) is 3.64. The molecule has 0 radical (unpaired) electrons. The van der Waals surface area contributed by atoms with Crippen molar-refractivity contribution in [2.45, 2.75) is 45.6 Å². The Labute approximate surface area is 165 Å². The number of benzene rings is 1. The van der Waals surface area contributed by atoms with Crippen LogP contribution in [0.25, 0.3) is 0 Å². The molecule has 150 valence electrons. The van der Waals surface area contributed by atoms with E-state index in [0.717, 1.165) is 29.8 Å². The van der Waals surface area contributed by atoms with Crippen LogP contribution in [0.1, 0.15) is 52.6 Å². The summed E-state index contributed by atoms with van der Waals surface area (Å²) >= 11 is 0. The zero-order chi connectivity index (χ0) is 20.3. The average molecular weight is 385 g/mol. The van der Waals surface area contributed by atoms with E-state index in [0.29, 0.717) is 29.5 Å². The van der Waals surface area contributed by atoms with Gasteiger partial charge in [0.25, 0.3) is 0 Å². The molecule has 0 aliphatic heterocycles. The van der Waals surface area contributed by atoms with Crippen molar-refractivity contribution in [3.63, 3.8) is 0 Å². The molecule has 0 unspecified atom stereocenters. The highest BCUT2D eigenvalue weighted by Gasteiger charge is 2.28. The topological polar surface area (TPSA) is 66.8 Å². The molecular formula is C22H27NO5. The van der Waals surface area contributed by atoms with Gasteiger partial charge in [-0.05, 0) is 56.9 Å². The second-order valence-electron chi connectivity index (χ2n) is 7.16. The summed E-state index contributed by atoms with van der Waals surface area (Å²) in [6.45, 7) is 3.74. The zero-order valence-electron chi connectivity index (χ0n) is 16.9. The second kappa shape index (κ2) is 8.50. The Morgan fingerprint density at radius 1 is 1.07 bits per heavy atom. The predicted octanol–water partition coefficient (Wildman–Crippen LogP) is 3.82. The maximum absolute atomic E-state index is 12.5. The first-order chi connectivity index (χ1) is 13.4. The maximum Gasteiger partial charge on any atom is 0.306 e. The highest BCUT2D eigenvalue weighted by Crippen LogP contribution is 2.38. The Balaban J connectivity index is 1.52. The molecular weight excluding hydrogens is 358 g/mol. The quantitative estimate of drug-likeness (QED) is 0.485. The van der Waals surface area contributed by atoms with Gasteiger partial charge in [0.1, 0.15) is 0 Å². The summed E-state index contributed by atoms with van der Waals surface area (Å²) in [6, 6.07) is 7.94.